The van der Waals surface area contributed by atoms with E-state index in [4.69, 9.17) is 4.74 Å². The van der Waals surface area contributed by atoms with Crippen molar-refractivity contribution < 1.29 is 9.53 Å². The van der Waals surface area contributed by atoms with Crippen molar-refractivity contribution in [3.8, 4) is 5.75 Å². The van der Waals surface area contributed by atoms with E-state index >= 15 is 0 Å². The topological polar surface area (TPSA) is 76.1 Å². The van der Waals surface area contributed by atoms with Gasteiger partial charge in [-0.2, -0.15) is 0 Å². The predicted octanol–water partition coefficient (Wildman–Crippen LogP) is 4.27. The van der Waals surface area contributed by atoms with E-state index in [-0.39, 0.29) is 5.91 Å². The number of rotatable bonds is 6. The van der Waals surface area contributed by atoms with E-state index in [0.717, 1.165) is 11.1 Å². The number of anilines is 2. The van der Waals surface area contributed by atoms with Gasteiger partial charge in [-0.25, -0.2) is 9.97 Å². The van der Waals surface area contributed by atoms with Gasteiger partial charge in [0.05, 0.1) is 12.8 Å². The highest BCUT2D eigenvalue weighted by Gasteiger charge is 2.14. The molecule has 3 rings (SSSR count). The summed E-state index contributed by atoms with van der Waals surface area (Å²) in [4.78, 5) is 21.5. The maximum atomic E-state index is 12.7. The molecule has 0 bridgehead atoms. The van der Waals surface area contributed by atoms with Crippen molar-refractivity contribution in [1.29, 1.82) is 0 Å². The number of nitrogens with one attached hydrogen (secondary N) is 2. The third-order valence-electron chi connectivity index (χ3n) is 4.39. The van der Waals surface area contributed by atoms with Crippen LogP contribution in [0.25, 0.3) is 0 Å². The fraction of sp³-hybridized carbons (Fsp3) is 0.227. The fourth-order valence-corrected chi connectivity index (χ4v) is 2.85. The monoisotopic (exact) mass is 376 g/mol. The maximum absolute atomic E-state index is 12.7. The van der Waals surface area contributed by atoms with Gasteiger partial charge in [-0.15, -0.1) is 0 Å². The number of benzene rings is 2. The van der Waals surface area contributed by atoms with Crippen molar-refractivity contribution >= 4 is 17.5 Å². The second-order valence-electron chi connectivity index (χ2n) is 6.66. The van der Waals surface area contributed by atoms with E-state index in [0.29, 0.717) is 35.3 Å². The Morgan fingerprint density at radius 1 is 1.04 bits per heavy atom. The van der Waals surface area contributed by atoms with E-state index in [1.54, 1.807) is 13.2 Å². The summed E-state index contributed by atoms with van der Waals surface area (Å²) in [6.07, 6.45) is 0. The van der Waals surface area contributed by atoms with E-state index in [1.165, 1.54) is 5.56 Å². The highest BCUT2D eigenvalue weighted by molar-refractivity contribution is 6.04. The lowest BCUT2D eigenvalue weighted by Crippen LogP contribution is -2.17. The minimum absolute atomic E-state index is 0.295. The van der Waals surface area contributed by atoms with E-state index in [2.05, 4.69) is 39.7 Å². The maximum Gasteiger partial charge on any atom is 0.274 e. The number of aromatic nitrogens is 2. The minimum Gasteiger partial charge on any atom is -0.495 e. The molecule has 1 aromatic heterocycles. The molecule has 1 heterocycles. The van der Waals surface area contributed by atoms with Crippen molar-refractivity contribution in [2.24, 2.45) is 0 Å². The summed E-state index contributed by atoms with van der Waals surface area (Å²) in [5.74, 6) is 0.709. The summed E-state index contributed by atoms with van der Waals surface area (Å²) < 4.78 is 5.32. The van der Waals surface area contributed by atoms with Crippen LogP contribution in [0.4, 0.5) is 11.6 Å². The summed E-state index contributed by atoms with van der Waals surface area (Å²) in [7, 11) is 1.57. The number of hydrogen-bond acceptors (Lipinski definition) is 5. The summed E-state index contributed by atoms with van der Waals surface area (Å²) in [6.45, 7) is 6.44. The van der Waals surface area contributed by atoms with Crippen LogP contribution in [-0.2, 0) is 6.54 Å². The summed E-state index contributed by atoms with van der Waals surface area (Å²) >= 11 is 0. The lowest BCUT2D eigenvalue weighted by molar-refractivity contribution is 0.102. The standard InChI is InChI=1S/C22H24N4O2/c1-14-9-10-20(28-4)18(11-14)25-21(27)19-12-16(3)24-22(26-19)23-13-17-8-6-5-7-15(17)2/h5-12H,13H2,1-4H3,(H,25,27)(H,23,24,26). The van der Waals surface area contributed by atoms with Crippen molar-refractivity contribution in [3.05, 3.63) is 76.6 Å². The van der Waals surface area contributed by atoms with Gasteiger partial charge in [0.1, 0.15) is 11.4 Å². The molecule has 0 aliphatic rings. The average molecular weight is 376 g/mol. The van der Waals surface area contributed by atoms with Gasteiger partial charge in [-0.05, 0) is 55.7 Å². The van der Waals surface area contributed by atoms with Gasteiger partial charge < -0.3 is 15.4 Å². The Morgan fingerprint density at radius 3 is 2.57 bits per heavy atom. The van der Waals surface area contributed by atoms with Crippen LogP contribution in [0.1, 0.15) is 32.9 Å². The van der Waals surface area contributed by atoms with E-state index < -0.39 is 0 Å². The molecule has 0 saturated heterocycles. The van der Waals surface area contributed by atoms with Gasteiger partial charge in [-0.3, -0.25) is 4.79 Å². The molecule has 28 heavy (non-hydrogen) atoms. The van der Waals surface area contributed by atoms with Gasteiger partial charge >= 0.3 is 0 Å². The predicted molar refractivity (Wildman–Crippen MR) is 111 cm³/mol. The molecule has 2 aromatic carbocycles. The zero-order valence-corrected chi connectivity index (χ0v) is 16.5. The van der Waals surface area contributed by atoms with Gasteiger partial charge in [0.25, 0.3) is 5.91 Å². The average Bonchev–Trinajstić information content (AvgIpc) is 2.67. The molecular formula is C22H24N4O2. The smallest absolute Gasteiger partial charge is 0.274 e. The van der Waals surface area contributed by atoms with Crippen LogP contribution in [0.3, 0.4) is 0 Å². The first-order valence-corrected chi connectivity index (χ1v) is 9.06. The molecule has 6 heteroatoms. The molecule has 144 valence electrons. The summed E-state index contributed by atoms with van der Waals surface area (Å²) in [5, 5.41) is 6.08. The second-order valence-corrected chi connectivity index (χ2v) is 6.66. The number of carbonyl (C=O) groups excluding carboxylic acids is 1. The highest BCUT2D eigenvalue weighted by Crippen LogP contribution is 2.25. The van der Waals surface area contributed by atoms with Crippen LogP contribution in [-0.4, -0.2) is 23.0 Å². The van der Waals surface area contributed by atoms with Crippen LogP contribution >= 0.6 is 0 Å². The third kappa shape index (κ3) is 4.65. The van der Waals surface area contributed by atoms with Crippen LogP contribution < -0.4 is 15.4 Å². The zero-order valence-electron chi connectivity index (χ0n) is 16.5. The Labute approximate surface area is 165 Å². The molecule has 6 nitrogen and oxygen atoms in total. The number of aryl methyl sites for hydroxylation is 3. The highest BCUT2D eigenvalue weighted by atomic mass is 16.5. The molecule has 0 unspecified atom stereocenters. The van der Waals surface area contributed by atoms with Crippen molar-refractivity contribution in [2.45, 2.75) is 27.3 Å². The lowest BCUT2D eigenvalue weighted by atomic mass is 10.1. The molecule has 0 saturated carbocycles. The number of ether oxygens (including phenoxy) is 1. The zero-order chi connectivity index (χ0) is 20.1. The molecule has 0 aliphatic heterocycles. The van der Waals surface area contributed by atoms with Gasteiger partial charge in [-0.1, -0.05) is 30.3 Å². The minimum atomic E-state index is -0.312. The SMILES string of the molecule is COc1ccc(C)cc1NC(=O)c1cc(C)nc(NCc2ccccc2C)n1. The van der Waals surface area contributed by atoms with Gasteiger partial charge in [0.15, 0.2) is 0 Å². The fourth-order valence-electron chi connectivity index (χ4n) is 2.85. The molecule has 0 spiro atoms. The quantitative estimate of drug-likeness (QED) is 0.672. The Balaban J connectivity index is 1.78. The summed E-state index contributed by atoms with van der Waals surface area (Å²) in [6, 6.07) is 15.4. The Hall–Kier alpha value is -3.41. The Bertz CT molecular complexity index is 1000. The normalized spacial score (nSPS) is 10.4. The van der Waals surface area contributed by atoms with Gasteiger partial charge in [0, 0.05) is 12.2 Å². The number of methoxy groups -OCH3 is 1. The molecule has 1 amide bonds. The molecule has 0 radical (unpaired) electrons. The largest absolute Gasteiger partial charge is 0.495 e. The summed E-state index contributed by atoms with van der Waals surface area (Å²) in [5.41, 5.74) is 4.98. The van der Waals surface area contributed by atoms with Crippen molar-refractivity contribution in [1.82, 2.24) is 9.97 Å². The second kappa shape index (κ2) is 8.52. The van der Waals surface area contributed by atoms with Crippen LogP contribution in [0.15, 0.2) is 48.5 Å². The first-order valence-electron chi connectivity index (χ1n) is 9.06. The van der Waals surface area contributed by atoms with Crippen LogP contribution in [0.2, 0.25) is 0 Å². The third-order valence-corrected chi connectivity index (χ3v) is 4.39. The lowest BCUT2D eigenvalue weighted by Gasteiger charge is -2.12. The van der Waals surface area contributed by atoms with Crippen LogP contribution in [0, 0.1) is 20.8 Å². The molecule has 0 aliphatic carbocycles. The van der Waals surface area contributed by atoms with E-state index in [9.17, 15) is 4.79 Å². The van der Waals surface area contributed by atoms with Crippen molar-refractivity contribution in [2.75, 3.05) is 17.7 Å². The van der Waals surface area contributed by atoms with Crippen molar-refractivity contribution in [3.63, 3.8) is 0 Å². The van der Waals surface area contributed by atoms with E-state index in [1.807, 2.05) is 44.2 Å². The molecular weight excluding hydrogens is 352 g/mol. The molecule has 2 N–H and O–H groups in total. The first-order chi connectivity index (χ1) is 13.5. The first kappa shape index (κ1) is 19.4. The number of amides is 1. The Kier molecular flexibility index (Phi) is 5.89. The van der Waals surface area contributed by atoms with Crippen LogP contribution in [0.5, 0.6) is 5.75 Å². The van der Waals surface area contributed by atoms with Gasteiger partial charge in [0.2, 0.25) is 5.95 Å². The Morgan fingerprint density at radius 2 is 1.82 bits per heavy atom. The molecule has 0 fully saturated rings. The molecule has 0 atom stereocenters. The number of carbonyl (C=O) groups is 1. The number of hydrogen-bond donors (Lipinski definition) is 2. The number of nitrogens with zero attached hydrogens (tertiary/aromatic N) is 2. The molecule has 3 aromatic rings.